The minimum absolute atomic E-state index is 0.507. The predicted molar refractivity (Wildman–Crippen MR) is 44.6 cm³/mol. The molecule has 0 amide bonds. The number of hydrogen-bond donors (Lipinski definition) is 1. The first kappa shape index (κ1) is 7.56. The molecular formula is C9H17NO. The van der Waals surface area contributed by atoms with E-state index < -0.39 is 0 Å². The maximum absolute atomic E-state index is 5.62. The summed E-state index contributed by atoms with van der Waals surface area (Å²) < 4.78 is 5.62. The van der Waals surface area contributed by atoms with E-state index in [1.165, 1.54) is 32.4 Å². The number of ether oxygens (including phenoxy) is 1. The van der Waals surface area contributed by atoms with E-state index in [1.54, 1.807) is 0 Å². The van der Waals surface area contributed by atoms with Gasteiger partial charge >= 0.3 is 0 Å². The summed E-state index contributed by atoms with van der Waals surface area (Å²) >= 11 is 0. The Morgan fingerprint density at radius 3 is 2.64 bits per heavy atom. The summed E-state index contributed by atoms with van der Waals surface area (Å²) in [5.41, 5.74) is 0.560. The van der Waals surface area contributed by atoms with E-state index in [1.807, 2.05) is 0 Å². The molecule has 2 aliphatic heterocycles. The molecule has 2 fully saturated rings. The van der Waals surface area contributed by atoms with Gasteiger partial charge in [-0.25, -0.2) is 0 Å². The lowest BCUT2D eigenvalue weighted by Crippen LogP contribution is -2.37. The summed E-state index contributed by atoms with van der Waals surface area (Å²) in [7, 11) is 0. The van der Waals surface area contributed by atoms with Gasteiger partial charge in [0, 0.05) is 0 Å². The fraction of sp³-hybridized carbons (Fsp3) is 1.00. The van der Waals surface area contributed by atoms with Crippen LogP contribution < -0.4 is 5.32 Å². The van der Waals surface area contributed by atoms with Crippen LogP contribution in [-0.4, -0.2) is 25.8 Å². The Morgan fingerprint density at radius 1 is 1.36 bits per heavy atom. The Bertz CT molecular complexity index is 135. The molecule has 0 aromatic heterocycles. The zero-order valence-electron chi connectivity index (χ0n) is 7.23. The average molecular weight is 155 g/mol. The van der Waals surface area contributed by atoms with Gasteiger partial charge in [-0.2, -0.15) is 0 Å². The van der Waals surface area contributed by atoms with Gasteiger partial charge in [0.2, 0.25) is 0 Å². The molecule has 2 heterocycles. The van der Waals surface area contributed by atoms with Crippen molar-refractivity contribution in [3.8, 4) is 0 Å². The van der Waals surface area contributed by atoms with E-state index >= 15 is 0 Å². The van der Waals surface area contributed by atoms with Crippen molar-refractivity contribution in [2.24, 2.45) is 5.41 Å². The van der Waals surface area contributed by atoms with Gasteiger partial charge in [-0.3, -0.25) is 0 Å². The first-order chi connectivity index (χ1) is 5.31. The van der Waals surface area contributed by atoms with Crippen molar-refractivity contribution in [1.82, 2.24) is 5.32 Å². The first-order valence-electron chi connectivity index (χ1n) is 4.63. The molecule has 1 spiro atoms. The van der Waals surface area contributed by atoms with E-state index in [9.17, 15) is 0 Å². The zero-order valence-corrected chi connectivity index (χ0v) is 7.23. The highest BCUT2D eigenvalue weighted by Crippen LogP contribution is 2.39. The van der Waals surface area contributed by atoms with Gasteiger partial charge in [0.1, 0.15) is 0 Å². The van der Waals surface area contributed by atoms with E-state index in [0.717, 1.165) is 6.61 Å². The van der Waals surface area contributed by atoms with Gasteiger partial charge in [-0.05, 0) is 44.7 Å². The second kappa shape index (κ2) is 2.76. The first-order valence-corrected chi connectivity index (χ1v) is 4.63. The van der Waals surface area contributed by atoms with Crippen LogP contribution >= 0.6 is 0 Å². The van der Waals surface area contributed by atoms with Crippen molar-refractivity contribution < 1.29 is 4.74 Å². The lowest BCUT2D eigenvalue weighted by molar-refractivity contribution is 0.0952. The van der Waals surface area contributed by atoms with E-state index in [-0.39, 0.29) is 0 Å². The molecule has 1 unspecified atom stereocenters. The summed E-state index contributed by atoms with van der Waals surface area (Å²) in [4.78, 5) is 0. The van der Waals surface area contributed by atoms with Crippen LogP contribution in [0.4, 0.5) is 0 Å². The minimum atomic E-state index is 0.507. The topological polar surface area (TPSA) is 21.3 Å². The molecule has 0 saturated carbocycles. The molecule has 0 aromatic rings. The minimum Gasteiger partial charge on any atom is -0.378 e. The van der Waals surface area contributed by atoms with Crippen molar-refractivity contribution in [3.63, 3.8) is 0 Å². The number of rotatable bonds is 0. The SMILES string of the molecule is CC1CC2(CCNCC2)CO1. The van der Waals surface area contributed by atoms with E-state index in [2.05, 4.69) is 12.2 Å². The Kier molecular flexibility index (Phi) is 1.90. The lowest BCUT2D eigenvalue weighted by Gasteiger charge is -2.32. The Balaban J connectivity index is 1.98. The summed E-state index contributed by atoms with van der Waals surface area (Å²) in [5, 5.41) is 3.40. The number of hydrogen-bond acceptors (Lipinski definition) is 2. The maximum Gasteiger partial charge on any atom is 0.0553 e. The molecule has 64 valence electrons. The highest BCUT2D eigenvalue weighted by atomic mass is 16.5. The van der Waals surface area contributed by atoms with Gasteiger partial charge < -0.3 is 10.1 Å². The molecule has 0 radical (unpaired) electrons. The van der Waals surface area contributed by atoms with Crippen molar-refractivity contribution in [3.05, 3.63) is 0 Å². The maximum atomic E-state index is 5.62. The van der Waals surface area contributed by atoms with Gasteiger partial charge in [-0.1, -0.05) is 0 Å². The highest BCUT2D eigenvalue weighted by Gasteiger charge is 2.38. The fourth-order valence-corrected chi connectivity index (χ4v) is 2.35. The summed E-state index contributed by atoms with van der Waals surface area (Å²) in [5.74, 6) is 0. The normalized spacial score (nSPS) is 36.3. The molecule has 2 saturated heterocycles. The smallest absolute Gasteiger partial charge is 0.0553 e. The fourth-order valence-electron chi connectivity index (χ4n) is 2.35. The second-order valence-electron chi connectivity index (χ2n) is 4.08. The van der Waals surface area contributed by atoms with Crippen LogP contribution in [0, 0.1) is 5.41 Å². The van der Waals surface area contributed by atoms with Gasteiger partial charge in [0.05, 0.1) is 12.7 Å². The molecule has 2 nitrogen and oxygen atoms in total. The molecule has 11 heavy (non-hydrogen) atoms. The molecule has 1 N–H and O–H groups in total. The van der Waals surface area contributed by atoms with Crippen LogP contribution in [0.5, 0.6) is 0 Å². The van der Waals surface area contributed by atoms with Gasteiger partial charge in [-0.15, -0.1) is 0 Å². The van der Waals surface area contributed by atoms with E-state index in [4.69, 9.17) is 4.74 Å². The standard InChI is InChI=1S/C9H17NO/c1-8-6-9(7-11-8)2-4-10-5-3-9/h8,10H,2-7H2,1H3. The third kappa shape index (κ3) is 1.42. The zero-order chi connectivity index (χ0) is 7.73. The van der Waals surface area contributed by atoms with Crippen LogP contribution in [0.3, 0.4) is 0 Å². The lowest BCUT2D eigenvalue weighted by atomic mass is 9.77. The van der Waals surface area contributed by atoms with Crippen LogP contribution in [0.1, 0.15) is 26.2 Å². The molecule has 0 bridgehead atoms. The Morgan fingerprint density at radius 2 is 2.09 bits per heavy atom. The molecule has 1 atom stereocenters. The molecule has 0 aliphatic carbocycles. The van der Waals surface area contributed by atoms with Crippen molar-refractivity contribution in [1.29, 1.82) is 0 Å². The third-order valence-corrected chi connectivity index (χ3v) is 3.06. The van der Waals surface area contributed by atoms with E-state index in [0.29, 0.717) is 11.5 Å². The summed E-state index contributed by atoms with van der Waals surface area (Å²) in [6, 6.07) is 0. The quantitative estimate of drug-likeness (QED) is 0.567. The predicted octanol–water partition coefficient (Wildman–Crippen LogP) is 1.17. The van der Waals surface area contributed by atoms with Crippen molar-refractivity contribution in [2.75, 3.05) is 19.7 Å². The van der Waals surface area contributed by atoms with Crippen molar-refractivity contribution >= 4 is 0 Å². The summed E-state index contributed by atoms with van der Waals surface area (Å²) in [6.07, 6.45) is 4.43. The Labute approximate surface area is 68.3 Å². The number of piperidine rings is 1. The Hall–Kier alpha value is -0.0800. The van der Waals surface area contributed by atoms with Gasteiger partial charge in [0.15, 0.2) is 0 Å². The van der Waals surface area contributed by atoms with Crippen LogP contribution in [-0.2, 0) is 4.74 Å². The summed E-state index contributed by atoms with van der Waals surface area (Å²) in [6.45, 7) is 5.58. The third-order valence-electron chi connectivity index (χ3n) is 3.06. The second-order valence-corrected chi connectivity index (χ2v) is 4.08. The molecular weight excluding hydrogens is 138 g/mol. The molecule has 2 aliphatic rings. The molecule has 2 rings (SSSR count). The molecule has 2 heteroatoms. The van der Waals surface area contributed by atoms with Crippen LogP contribution in [0.2, 0.25) is 0 Å². The highest BCUT2D eigenvalue weighted by molar-refractivity contribution is 4.90. The van der Waals surface area contributed by atoms with Crippen LogP contribution in [0.15, 0.2) is 0 Å². The molecule has 0 aromatic carbocycles. The van der Waals surface area contributed by atoms with Crippen molar-refractivity contribution in [2.45, 2.75) is 32.3 Å². The largest absolute Gasteiger partial charge is 0.378 e. The van der Waals surface area contributed by atoms with Crippen LogP contribution in [0.25, 0.3) is 0 Å². The monoisotopic (exact) mass is 155 g/mol. The number of nitrogens with one attached hydrogen (secondary N) is 1. The van der Waals surface area contributed by atoms with Gasteiger partial charge in [0.25, 0.3) is 0 Å². The average Bonchev–Trinajstić information content (AvgIpc) is 2.34.